The van der Waals surface area contributed by atoms with E-state index in [1.54, 1.807) is 27.7 Å². The fourth-order valence-electron chi connectivity index (χ4n) is 2.50. The maximum Gasteiger partial charge on any atom is 0.514 e. The summed E-state index contributed by atoms with van der Waals surface area (Å²) < 4.78 is 15.8. The number of esters is 1. The zero-order chi connectivity index (χ0) is 20.1. The second kappa shape index (κ2) is 8.56. The minimum atomic E-state index is -0.721. The Morgan fingerprint density at radius 3 is 2.15 bits per heavy atom. The van der Waals surface area contributed by atoms with Crippen molar-refractivity contribution in [2.24, 2.45) is 0 Å². The Morgan fingerprint density at radius 1 is 1.04 bits per heavy atom. The normalized spacial score (nSPS) is 11.8. The first-order valence-electron chi connectivity index (χ1n) is 9.04. The Morgan fingerprint density at radius 2 is 1.65 bits per heavy atom. The second-order valence-corrected chi connectivity index (χ2v) is 8.40. The van der Waals surface area contributed by atoms with Crippen LogP contribution in [0.15, 0.2) is 12.1 Å². The van der Waals surface area contributed by atoms with Crippen molar-refractivity contribution in [3.63, 3.8) is 0 Å². The summed E-state index contributed by atoms with van der Waals surface area (Å²) in [6, 6.07) is 3.85. The van der Waals surface area contributed by atoms with Crippen LogP contribution in [0.3, 0.4) is 0 Å². The predicted octanol–water partition coefficient (Wildman–Crippen LogP) is 5.10. The molecule has 0 radical (unpaired) electrons. The van der Waals surface area contributed by atoms with Crippen LogP contribution in [-0.2, 0) is 26.1 Å². The van der Waals surface area contributed by atoms with Crippen molar-refractivity contribution in [2.75, 3.05) is 6.61 Å². The number of ether oxygens (including phenoxy) is 3. The number of hydrogen-bond acceptors (Lipinski definition) is 5. The molecular weight excluding hydrogens is 332 g/mol. The molecule has 0 saturated carbocycles. The molecule has 1 aromatic carbocycles. The Kier molecular flexibility index (Phi) is 7.25. The van der Waals surface area contributed by atoms with Crippen molar-refractivity contribution in [1.82, 2.24) is 0 Å². The van der Waals surface area contributed by atoms with Crippen LogP contribution in [0.4, 0.5) is 4.79 Å². The number of carbonyl (C=O) groups is 2. The topological polar surface area (TPSA) is 61.8 Å². The Hall–Kier alpha value is -2.04. The van der Waals surface area contributed by atoms with E-state index in [-0.39, 0.29) is 11.4 Å². The van der Waals surface area contributed by atoms with Crippen LogP contribution in [0.2, 0.25) is 0 Å². The van der Waals surface area contributed by atoms with E-state index in [2.05, 4.69) is 20.8 Å². The molecule has 1 rings (SSSR count). The van der Waals surface area contributed by atoms with Crippen LogP contribution in [0.5, 0.6) is 5.75 Å². The highest BCUT2D eigenvalue weighted by atomic mass is 16.7. The molecule has 0 aliphatic carbocycles. The summed E-state index contributed by atoms with van der Waals surface area (Å²) in [5, 5.41) is 0. The molecule has 0 aliphatic rings. The number of aryl methyl sites for hydroxylation is 2. The van der Waals surface area contributed by atoms with Gasteiger partial charge in [0.15, 0.2) is 0 Å². The van der Waals surface area contributed by atoms with Gasteiger partial charge in [-0.2, -0.15) is 0 Å². The third-order valence-corrected chi connectivity index (χ3v) is 3.73. The van der Waals surface area contributed by atoms with Gasteiger partial charge in [-0.05, 0) is 63.6 Å². The molecule has 146 valence electrons. The molecule has 5 nitrogen and oxygen atoms in total. The van der Waals surface area contributed by atoms with Crippen molar-refractivity contribution in [3.05, 3.63) is 28.8 Å². The third-order valence-electron chi connectivity index (χ3n) is 3.73. The SMILES string of the molecule is CCOC(=O)CCc1cc(C(C)(C)C)c(OC(=O)OC(C)(C)C)cc1C. The van der Waals surface area contributed by atoms with Gasteiger partial charge in [0.25, 0.3) is 0 Å². The second-order valence-electron chi connectivity index (χ2n) is 8.40. The van der Waals surface area contributed by atoms with Crippen LogP contribution in [-0.4, -0.2) is 24.3 Å². The predicted molar refractivity (Wildman–Crippen MR) is 102 cm³/mol. The lowest BCUT2D eigenvalue weighted by atomic mass is 9.84. The molecule has 0 fully saturated rings. The van der Waals surface area contributed by atoms with E-state index in [1.165, 1.54) is 0 Å². The molecule has 0 unspecified atom stereocenters. The summed E-state index contributed by atoms with van der Waals surface area (Å²) in [6.07, 6.45) is 0.187. The van der Waals surface area contributed by atoms with E-state index in [0.29, 0.717) is 25.2 Å². The van der Waals surface area contributed by atoms with Crippen LogP contribution >= 0.6 is 0 Å². The molecule has 0 aliphatic heterocycles. The molecular formula is C21H32O5. The standard InChI is InChI=1S/C21H32O5/c1-9-24-18(22)11-10-15-13-16(20(3,4)5)17(12-14(15)2)25-19(23)26-21(6,7)8/h12-13H,9-11H2,1-8H3. The Balaban J connectivity index is 3.10. The zero-order valence-electron chi connectivity index (χ0n) is 17.3. The van der Waals surface area contributed by atoms with Crippen LogP contribution < -0.4 is 4.74 Å². The maximum absolute atomic E-state index is 12.1. The summed E-state index contributed by atoms with van der Waals surface area (Å²) in [4.78, 5) is 23.7. The summed E-state index contributed by atoms with van der Waals surface area (Å²) in [6.45, 7) is 15.7. The van der Waals surface area contributed by atoms with Gasteiger partial charge in [-0.3, -0.25) is 4.79 Å². The van der Waals surface area contributed by atoms with Gasteiger partial charge in [-0.25, -0.2) is 4.79 Å². The van der Waals surface area contributed by atoms with Gasteiger partial charge in [0.1, 0.15) is 11.4 Å². The first-order chi connectivity index (χ1) is 11.8. The molecule has 0 saturated heterocycles. The molecule has 26 heavy (non-hydrogen) atoms. The minimum Gasteiger partial charge on any atom is -0.466 e. The highest BCUT2D eigenvalue weighted by Gasteiger charge is 2.25. The van der Waals surface area contributed by atoms with Gasteiger partial charge < -0.3 is 14.2 Å². The summed E-state index contributed by atoms with van der Waals surface area (Å²) >= 11 is 0. The fraction of sp³-hybridized carbons (Fsp3) is 0.619. The van der Waals surface area contributed by atoms with E-state index in [1.807, 2.05) is 19.1 Å². The lowest BCUT2D eigenvalue weighted by Gasteiger charge is -2.25. The van der Waals surface area contributed by atoms with Crippen molar-refractivity contribution in [1.29, 1.82) is 0 Å². The van der Waals surface area contributed by atoms with Crippen LogP contribution in [0, 0.1) is 6.92 Å². The highest BCUT2D eigenvalue weighted by Crippen LogP contribution is 2.34. The van der Waals surface area contributed by atoms with E-state index in [4.69, 9.17) is 14.2 Å². The number of benzene rings is 1. The summed E-state index contributed by atoms with van der Waals surface area (Å²) in [5.41, 5.74) is 2.05. The molecule has 1 aromatic rings. The van der Waals surface area contributed by atoms with Gasteiger partial charge in [0, 0.05) is 12.0 Å². The third kappa shape index (κ3) is 7.06. The van der Waals surface area contributed by atoms with Crippen LogP contribution in [0.1, 0.15) is 71.6 Å². The van der Waals surface area contributed by atoms with Crippen molar-refractivity contribution >= 4 is 12.1 Å². The van der Waals surface area contributed by atoms with Crippen molar-refractivity contribution < 1.29 is 23.8 Å². The van der Waals surface area contributed by atoms with E-state index in [9.17, 15) is 9.59 Å². The average Bonchev–Trinajstić information content (AvgIpc) is 2.43. The summed E-state index contributed by atoms with van der Waals surface area (Å²) in [7, 11) is 0. The highest BCUT2D eigenvalue weighted by molar-refractivity contribution is 5.70. The zero-order valence-corrected chi connectivity index (χ0v) is 17.3. The van der Waals surface area contributed by atoms with Gasteiger partial charge >= 0.3 is 12.1 Å². The first-order valence-corrected chi connectivity index (χ1v) is 9.04. The molecule has 5 heteroatoms. The van der Waals surface area contributed by atoms with Gasteiger partial charge in [0.05, 0.1) is 6.61 Å². The number of rotatable bonds is 5. The molecule has 0 atom stereocenters. The Bertz CT molecular complexity index is 648. The van der Waals surface area contributed by atoms with Crippen LogP contribution in [0.25, 0.3) is 0 Å². The molecule has 0 bridgehead atoms. The largest absolute Gasteiger partial charge is 0.514 e. The molecule has 0 heterocycles. The van der Waals surface area contributed by atoms with Crippen molar-refractivity contribution in [2.45, 2.75) is 79.2 Å². The van der Waals surface area contributed by atoms with Crippen molar-refractivity contribution in [3.8, 4) is 5.75 Å². The van der Waals surface area contributed by atoms with E-state index < -0.39 is 11.8 Å². The summed E-state index contributed by atoms with van der Waals surface area (Å²) in [5.74, 6) is 0.280. The quantitative estimate of drug-likeness (QED) is 0.537. The molecule has 0 aromatic heterocycles. The maximum atomic E-state index is 12.1. The smallest absolute Gasteiger partial charge is 0.466 e. The van der Waals surface area contributed by atoms with Gasteiger partial charge in [0.2, 0.25) is 0 Å². The number of carbonyl (C=O) groups excluding carboxylic acids is 2. The average molecular weight is 364 g/mol. The van der Waals surface area contributed by atoms with Gasteiger partial charge in [-0.15, -0.1) is 0 Å². The Labute approximate surface area is 157 Å². The lowest BCUT2D eigenvalue weighted by Crippen LogP contribution is -2.27. The first kappa shape index (κ1) is 22.0. The van der Waals surface area contributed by atoms with E-state index >= 15 is 0 Å². The van der Waals surface area contributed by atoms with Gasteiger partial charge in [-0.1, -0.05) is 26.8 Å². The minimum absolute atomic E-state index is 0.210. The monoisotopic (exact) mass is 364 g/mol. The molecule has 0 amide bonds. The number of hydrogen-bond donors (Lipinski definition) is 0. The fourth-order valence-corrected chi connectivity index (χ4v) is 2.50. The lowest BCUT2D eigenvalue weighted by molar-refractivity contribution is -0.143. The molecule has 0 N–H and O–H groups in total. The molecule has 0 spiro atoms. The van der Waals surface area contributed by atoms with E-state index in [0.717, 1.165) is 16.7 Å².